The topological polar surface area (TPSA) is 195 Å². The minimum atomic E-state index is -1.20. The number of carbonyl (C=O) groups is 5. The molecule has 6 N–H and O–H groups in total. The first-order chi connectivity index (χ1) is 19.5. The molecule has 14 nitrogen and oxygen atoms in total. The van der Waals surface area contributed by atoms with Crippen LogP contribution in [0.4, 0.5) is 21.2 Å². The summed E-state index contributed by atoms with van der Waals surface area (Å²) in [6.45, 7) is 2.80. The molecular formula is C27H31N7O7. The second-order valence-electron chi connectivity index (χ2n) is 9.82. The summed E-state index contributed by atoms with van der Waals surface area (Å²) in [5.74, 6) is -1.67. The highest BCUT2D eigenvalue weighted by atomic mass is 16.5. The van der Waals surface area contributed by atoms with E-state index in [0.29, 0.717) is 36.6 Å². The minimum Gasteiger partial charge on any atom is -0.480 e. The highest BCUT2D eigenvalue weighted by Gasteiger charge is 2.47. The lowest BCUT2D eigenvalue weighted by atomic mass is 9.96. The molecule has 0 bridgehead atoms. The van der Waals surface area contributed by atoms with Crippen molar-refractivity contribution >= 4 is 52.6 Å². The van der Waals surface area contributed by atoms with Crippen LogP contribution in [0, 0.1) is 0 Å². The lowest BCUT2D eigenvalue weighted by Gasteiger charge is -2.21. The number of carbonyl (C=O) groups excluding carboxylic acids is 4. The van der Waals surface area contributed by atoms with Gasteiger partial charge in [-0.05, 0) is 56.5 Å². The molecule has 1 unspecified atom stereocenters. The van der Waals surface area contributed by atoms with Gasteiger partial charge in [0.05, 0.1) is 11.0 Å². The number of hydrogen-bond acceptors (Lipinski definition) is 8. The molecule has 1 saturated heterocycles. The number of alkyl carbamates (subject to hydrolysis) is 1. The number of para-hydroxylation sites is 2. The minimum absolute atomic E-state index is 0.168. The number of imide groups is 1. The van der Waals surface area contributed by atoms with E-state index in [1.807, 2.05) is 24.3 Å². The number of aromatic amines is 1. The van der Waals surface area contributed by atoms with Gasteiger partial charge >= 0.3 is 18.1 Å². The van der Waals surface area contributed by atoms with Crippen LogP contribution in [0.3, 0.4) is 0 Å². The van der Waals surface area contributed by atoms with E-state index in [1.54, 1.807) is 31.2 Å². The molecule has 5 amide bonds. The zero-order valence-electron chi connectivity index (χ0n) is 22.5. The van der Waals surface area contributed by atoms with E-state index in [9.17, 15) is 24.0 Å². The van der Waals surface area contributed by atoms with E-state index in [-0.39, 0.29) is 6.61 Å². The molecule has 1 aliphatic rings. The molecule has 2 atom stereocenters. The van der Waals surface area contributed by atoms with Crippen molar-refractivity contribution in [3.05, 3.63) is 54.1 Å². The van der Waals surface area contributed by atoms with Crippen LogP contribution < -0.4 is 21.3 Å². The van der Waals surface area contributed by atoms with Gasteiger partial charge in [0, 0.05) is 12.2 Å². The van der Waals surface area contributed by atoms with Gasteiger partial charge in [0.2, 0.25) is 11.9 Å². The van der Waals surface area contributed by atoms with Crippen LogP contribution in [0.1, 0.15) is 32.3 Å². The first-order valence-corrected chi connectivity index (χ1v) is 12.9. The van der Waals surface area contributed by atoms with E-state index in [0.717, 1.165) is 15.9 Å². The molecule has 2 aromatic carbocycles. The van der Waals surface area contributed by atoms with Crippen molar-refractivity contribution < 1.29 is 33.8 Å². The van der Waals surface area contributed by atoms with Crippen LogP contribution >= 0.6 is 0 Å². The number of carboxylic acids is 1. The molecule has 3 aromatic rings. The summed E-state index contributed by atoms with van der Waals surface area (Å²) in [5.41, 5.74) is 1.48. The SMILES string of the molecule is C[C@H](NC(=O)OCc1cccc(NC(=O)CN2C(=O)NC(C)(CCCNc3nc4ccccc4[nH]3)C2=O)c1)C(=O)O. The lowest BCUT2D eigenvalue weighted by Crippen LogP contribution is -2.44. The lowest BCUT2D eigenvalue weighted by molar-refractivity contribution is -0.138. The average molecular weight is 566 g/mol. The first-order valence-electron chi connectivity index (χ1n) is 12.9. The molecule has 14 heteroatoms. The number of rotatable bonds is 12. The van der Waals surface area contributed by atoms with E-state index in [1.165, 1.54) is 6.92 Å². The standard InChI is InChI=1S/C27H31N7O7/c1-16(22(36)37)29-26(40)41-15-17-7-5-8-18(13-17)30-21(35)14-34-23(38)27(2,33-25(34)39)11-6-12-28-24-31-19-9-3-4-10-20(19)32-24/h3-5,7-10,13,16H,6,11-12,14-15H2,1-2H3,(H,29,40)(H,30,35)(H,33,39)(H,36,37)(H2,28,31,32)/t16-,27?/m0/s1. The maximum absolute atomic E-state index is 13.1. The summed E-state index contributed by atoms with van der Waals surface area (Å²) >= 11 is 0. The number of H-pyrrole nitrogens is 1. The molecule has 41 heavy (non-hydrogen) atoms. The van der Waals surface area contributed by atoms with Gasteiger partial charge in [0.1, 0.15) is 24.7 Å². The summed E-state index contributed by atoms with van der Waals surface area (Å²) in [6.07, 6.45) is 0.00661. The monoisotopic (exact) mass is 565 g/mol. The summed E-state index contributed by atoms with van der Waals surface area (Å²) < 4.78 is 5.01. The average Bonchev–Trinajstić information content (AvgIpc) is 3.44. The van der Waals surface area contributed by atoms with Gasteiger partial charge in [-0.2, -0.15) is 0 Å². The fraction of sp³-hybridized carbons (Fsp3) is 0.333. The van der Waals surface area contributed by atoms with Crippen LogP contribution in [-0.2, 0) is 25.7 Å². The Morgan fingerprint density at radius 3 is 2.68 bits per heavy atom. The van der Waals surface area contributed by atoms with Gasteiger partial charge < -0.3 is 36.1 Å². The Bertz CT molecular complexity index is 1440. The predicted octanol–water partition coefficient (Wildman–Crippen LogP) is 2.40. The van der Waals surface area contributed by atoms with E-state index in [4.69, 9.17) is 9.84 Å². The van der Waals surface area contributed by atoms with Gasteiger partial charge in [0.15, 0.2) is 0 Å². The van der Waals surface area contributed by atoms with Crippen LogP contribution in [0.2, 0.25) is 0 Å². The van der Waals surface area contributed by atoms with Gasteiger partial charge in [-0.25, -0.2) is 14.6 Å². The Morgan fingerprint density at radius 1 is 1.15 bits per heavy atom. The Labute approximate surface area is 234 Å². The number of urea groups is 1. The number of hydrogen-bond donors (Lipinski definition) is 6. The van der Waals surface area contributed by atoms with Gasteiger partial charge in [0.25, 0.3) is 5.91 Å². The number of aliphatic carboxylic acids is 1. The maximum atomic E-state index is 13.1. The molecule has 0 aliphatic carbocycles. The third-order valence-corrected chi connectivity index (χ3v) is 6.47. The zero-order valence-corrected chi connectivity index (χ0v) is 22.5. The predicted molar refractivity (Wildman–Crippen MR) is 148 cm³/mol. The third-order valence-electron chi connectivity index (χ3n) is 6.47. The molecule has 216 valence electrons. The molecule has 0 spiro atoms. The smallest absolute Gasteiger partial charge is 0.408 e. The molecule has 4 rings (SSSR count). The van der Waals surface area contributed by atoms with Crippen molar-refractivity contribution in [2.24, 2.45) is 0 Å². The van der Waals surface area contributed by atoms with Crippen molar-refractivity contribution in [3.8, 4) is 0 Å². The number of ether oxygens (including phenoxy) is 1. The number of nitrogens with zero attached hydrogens (tertiary/aromatic N) is 2. The Morgan fingerprint density at radius 2 is 1.93 bits per heavy atom. The van der Waals surface area contributed by atoms with E-state index < -0.39 is 48.0 Å². The first kappa shape index (κ1) is 28.9. The van der Waals surface area contributed by atoms with Crippen molar-refractivity contribution in [1.82, 2.24) is 25.5 Å². The summed E-state index contributed by atoms with van der Waals surface area (Å²) in [5, 5.41) is 19.5. The molecule has 1 aliphatic heterocycles. The van der Waals surface area contributed by atoms with Crippen LogP contribution in [0.25, 0.3) is 11.0 Å². The van der Waals surface area contributed by atoms with Gasteiger partial charge in [-0.1, -0.05) is 24.3 Å². The van der Waals surface area contributed by atoms with Crippen LogP contribution in [0.5, 0.6) is 0 Å². The molecule has 1 fully saturated rings. The second kappa shape index (κ2) is 12.4. The number of fused-ring (bicyclic) bond motifs is 1. The van der Waals surface area contributed by atoms with Crippen molar-refractivity contribution in [2.45, 2.75) is 44.9 Å². The summed E-state index contributed by atoms with van der Waals surface area (Å²) in [6, 6.07) is 12.3. The fourth-order valence-corrected chi connectivity index (χ4v) is 4.26. The molecule has 1 aromatic heterocycles. The number of amides is 5. The normalized spacial score (nSPS) is 17.2. The van der Waals surface area contributed by atoms with Gasteiger partial charge in [-0.3, -0.25) is 19.3 Å². The highest BCUT2D eigenvalue weighted by molar-refractivity contribution is 6.09. The second-order valence-corrected chi connectivity index (χ2v) is 9.82. The third kappa shape index (κ3) is 7.29. The number of benzene rings is 2. The van der Waals surface area contributed by atoms with Crippen molar-refractivity contribution in [3.63, 3.8) is 0 Å². The number of carboxylic acid groups (broad SMARTS) is 1. The van der Waals surface area contributed by atoms with Crippen LogP contribution in [-0.4, -0.2) is 74.6 Å². The number of imidazole rings is 1. The summed E-state index contributed by atoms with van der Waals surface area (Å²) in [7, 11) is 0. The van der Waals surface area contributed by atoms with Crippen molar-refractivity contribution in [1.29, 1.82) is 0 Å². The largest absolute Gasteiger partial charge is 0.480 e. The molecule has 0 radical (unpaired) electrons. The number of aromatic nitrogens is 2. The summed E-state index contributed by atoms with van der Waals surface area (Å²) in [4.78, 5) is 69.3. The Balaban J connectivity index is 1.24. The van der Waals surface area contributed by atoms with E-state index in [2.05, 4.69) is 31.2 Å². The Kier molecular flexibility index (Phi) is 8.70. The quantitative estimate of drug-likeness (QED) is 0.141. The van der Waals surface area contributed by atoms with Gasteiger partial charge in [-0.15, -0.1) is 0 Å². The molecule has 2 heterocycles. The van der Waals surface area contributed by atoms with E-state index >= 15 is 0 Å². The Hall–Kier alpha value is -5.14. The fourth-order valence-electron chi connectivity index (χ4n) is 4.26. The molecule has 0 saturated carbocycles. The van der Waals surface area contributed by atoms with Crippen molar-refractivity contribution in [2.75, 3.05) is 23.7 Å². The van der Waals surface area contributed by atoms with Crippen LogP contribution in [0.15, 0.2) is 48.5 Å². The highest BCUT2D eigenvalue weighted by Crippen LogP contribution is 2.23. The zero-order chi connectivity index (χ0) is 29.6. The number of anilines is 2. The number of nitrogens with one attached hydrogen (secondary N) is 5. The molecular weight excluding hydrogens is 534 g/mol. The maximum Gasteiger partial charge on any atom is 0.408 e.